The maximum atomic E-state index is 10.4. The van der Waals surface area contributed by atoms with E-state index in [9.17, 15) is 4.79 Å². The largest absolute Gasteiger partial charge is 0.481 e. The van der Waals surface area contributed by atoms with E-state index in [1.54, 1.807) is 0 Å². The normalized spacial score (nSPS) is 27.3. The number of carboxylic acids is 1. The summed E-state index contributed by atoms with van der Waals surface area (Å²) in [5, 5.41) is 8.60. The Kier molecular flexibility index (Phi) is 3.09. The van der Waals surface area contributed by atoms with Crippen molar-refractivity contribution < 1.29 is 9.90 Å². The Bertz CT molecular complexity index is 170. The average Bonchev–Trinajstić information content (AvgIpc) is 2.33. The highest BCUT2D eigenvalue weighted by Gasteiger charge is 2.25. The Labute approximate surface area is 73.4 Å². The lowest BCUT2D eigenvalue weighted by molar-refractivity contribution is -0.138. The quantitative estimate of drug-likeness (QED) is 0.696. The smallest absolute Gasteiger partial charge is 0.304 e. The van der Waals surface area contributed by atoms with Crippen LogP contribution in [-0.4, -0.2) is 34.6 Å². The summed E-state index contributed by atoms with van der Waals surface area (Å²) in [6, 6.07) is 0.763. The Hall–Kier alpha value is -0.570. The van der Waals surface area contributed by atoms with Crippen molar-refractivity contribution in [2.24, 2.45) is 0 Å². The zero-order valence-electron chi connectivity index (χ0n) is 7.79. The van der Waals surface area contributed by atoms with Crippen molar-refractivity contribution in [2.75, 3.05) is 6.54 Å². The molecule has 2 atom stereocenters. The molecule has 3 nitrogen and oxygen atoms in total. The van der Waals surface area contributed by atoms with E-state index in [4.69, 9.17) is 5.11 Å². The van der Waals surface area contributed by atoms with E-state index in [1.165, 1.54) is 12.8 Å². The van der Waals surface area contributed by atoms with E-state index in [1.807, 2.05) is 6.92 Å². The van der Waals surface area contributed by atoms with Gasteiger partial charge in [-0.05, 0) is 33.2 Å². The Morgan fingerprint density at radius 1 is 1.75 bits per heavy atom. The highest BCUT2D eigenvalue weighted by atomic mass is 16.4. The predicted molar refractivity (Wildman–Crippen MR) is 47.1 cm³/mol. The number of likely N-dealkylation sites (tertiary alicyclic amines) is 1. The molecule has 2 unspecified atom stereocenters. The van der Waals surface area contributed by atoms with Gasteiger partial charge in [-0.1, -0.05) is 0 Å². The summed E-state index contributed by atoms with van der Waals surface area (Å²) in [6.07, 6.45) is 2.69. The second kappa shape index (κ2) is 3.90. The molecule has 0 aromatic rings. The van der Waals surface area contributed by atoms with Gasteiger partial charge in [0.25, 0.3) is 0 Å². The summed E-state index contributed by atoms with van der Waals surface area (Å²) < 4.78 is 0. The first-order valence-corrected chi connectivity index (χ1v) is 4.59. The fraction of sp³-hybridized carbons (Fsp3) is 0.889. The first-order valence-electron chi connectivity index (χ1n) is 4.59. The van der Waals surface area contributed by atoms with Crippen molar-refractivity contribution >= 4 is 5.97 Å². The molecule has 0 aromatic heterocycles. The molecule has 0 aromatic carbocycles. The zero-order valence-corrected chi connectivity index (χ0v) is 7.79. The molecule has 1 saturated heterocycles. The molecule has 0 amide bonds. The second-order valence-electron chi connectivity index (χ2n) is 3.68. The summed E-state index contributed by atoms with van der Waals surface area (Å²) >= 11 is 0. The van der Waals surface area contributed by atoms with E-state index in [2.05, 4.69) is 11.8 Å². The number of aliphatic carboxylic acids is 1. The van der Waals surface area contributed by atoms with Gasteiger partial charge >= 0.3 is 5.97 Å². The molecule has 1 aliphatic heterocycles. The summed E-state index contributed by atoms with van der Waals surface area (Å²) in [4.78, 5) is 12.7. The van der Waals surface area contributed by atoms with E-state index in [-0.39, 0.29) is 12.5 Å². The van der Waals surface area contributed by atoms with Crippen LogP contribution in [0.1, 0.15) is 33.1 Å². The van der Waals surface area contributed by atoms with E-state index < -0.39 is 5.97 Å². The van der Waals surface area contributed by atoms with Crippen LogP contribution in [-0.2, 0) is 4.79 Å². The third-order valence-corrected chi connectivity index (χ3v) is 2.64. The van der Waals surface area contributed by atoms with Crippen LogP contribution >= 0.6 is 0 Å². The van der Waals surface area contributed by atoms with Crippen LogP contribution in [0.3, 0.4) is 0 Å². The van der Waals surface area contributed by atoms with Crippen molar-refractivity contribution in [2.45, 2.75) is 45.2 Å². The van der Waals surface area contributed by atoms with Crippen LogP contribution in [0.4, 0.5) is 0 Å². The maximum Gasteiger partial charge on any atom is 0.304 e. The molecule has 0 saturated carbocycles. The molecule has 1 N–H and O–H groups in total. The van der Waals surface area contributed by atoms with Crippen LogP contribution in [0.2, 0.25) is 0 Å². The van der Waals surface area contributed by atoms with E-state index in [0.717, 1.165) is 6.54 Å². The molecule has 1 fully saturated rings. The highest BCUT2D eigenvalue weighted by molar-refractivity contribution is 5.67. The van der Waals surface area contributed by atoms with Crippen molar-refractivity contribution in [1.29, 1.82) is 0 Å². The number of hydrogen-bond donors (Lipinski definition) is 1. The van der Waals surface area contributed by atoms with E-state index >= 15 is 0 Å². The van der Waals surface area contributed by atoms with Gasteiger partial charge in [0.2, 0.25) is 0 Å². The topological polar surface area (TPSA) is 40.5 Å². The van der Waals surface area contributed by atoms with Crippen molar-refractivity contribution in [3.8, 4) is 0 Å². The molecule has 0 bridgehead atoms. The monoisotopic (exact) mass is 171 g/mol. The average molecular weight is 171 g/mol. The van der Waals surface area contributed by atoms with Gasteiger partial charge < -0.3 is 5.11 Å². The number of hydrogen-bond acceptors (Lipinski definition) is 2. The van der Waals surface area contributed by atoms with Crippen LogP contribution < -0.4 is 0 Å². The molecule has 0 aliphatic carbocycles. The van der Waals surface area contributed by atoms with Gasteiger partial charge in [0.15, 0.2) is 0 Å². The molecular weight excluding hydrogens is 154 g/mol. The minimum Gasteiger partial charge on any atom is -0.481 e. The van der Waals surface area contributed by atoms with Gasteiger partial charge in [0, 0.05) is 12.1 Å². The second-order valence-corrected chi connectivity index (χ2v) is 3.68. The highest BCUT2D eigenvalue weighted by Crippen LogP contribution is 2.20. The Balaban J connectivity index is 2.40. The Morgan fingerprint density at radius 3 is 2.83 bits per heavy atom. The lowest BCUT2D eigenvalue weighted by Gasteiger charge is -2.27. The van der Waals surface area contributed by atoms with Crippen LogP contribution in [0.25, 0.3) is 0 Å². The molecule has 1 rings (SSSR count). The van der Waals surface area contributed by atoms with E-state index in [0.29, 0.717) is 6.04 Å². The van der Waals surface area contributed by atoms with Crippen molar-refractivity contribution in [3.05, 3.63) is 0 Å². The third kappa shape index (κ3) is 2.21. The molecule has 0 spiro atoms. The first-order chi connectivity index (χ1) is 5.61. The Morgan fingerprint density at radius 2 is 2.42 bits per heavy atom. The standard InChI is InChI=1S/C9H17NO2/c1-7-4-3-5-10(7)8(2)6-9(11)12/h7-8H,3-6H2,1-2H3,(H,11,12). The molecule has 12 heavy (non-hydrogen) atoms. The molecule has 3 heteroatoms. The lowest BCUT2D eigenvalue weighted by atomic mass is 10.2. The first kappa shape index (κ1) is 9.52. The molecule has 70 valence electrons. The third-order valence-electron chi connectivity index (χ3n) is 2.64. The maximum absolute atomic E-state index is 10.4. The van der Waals surface area contributed by atoms with Crippen molar-refractivity contribution in [1.82, 2.24) is 4.90 Å². The SMILES string of the molecule is CC1CCCN1C(C)CC(=O)O. The predicted octanol–water partition coefficient (Wildman–Crippen LogP) is 1.33. The summed E-state index contributed by atoms with van der Waals surface area (Å²) in [5.41, 5.74) is 0. The number of carboxylic acid groups (broad SMARTS) is 1. The lowest BCUT2D eigenvalue weighted by Crippen LogP contribution is -2.36. The van der Waals surface area contributed by atoms with Crippen LogP contribution in [0.5, 0.6) is 0 Å². The van der Waals surface area contributed by atoms with Gasteiger partial charge in [-0.15, -0.1) is 0 Å². The minimum atomic E-state index is -0.693. The number of carbonyl (C=O) groups is 1. The summed E-state index contributed by atoms with van der Waals surface area (Å²) in [6.45, 7) is 5.23. The zero-order chi connectivity index (χ0) is 9.14. The molecule has 1 heterocycles. The van der Waals surface area contributed by atoms with Gasteiger partial charge in [-0.2, -0.15) is 0 Å². The molecular formula is C9H17NO2. The molecule has 1 aliphatic rings. The number of rotatable bonds is 3. The minimum absolute atomic E-state index is 0.194. The van der Waals surface area contributed by atoms with Gasteiger partial charge in [0.05, 0.1) is 6.42 Å². The van der Waals surface area contributed by atoms with Crippen LogP contribution in [0.15, 0.2) is 0 Å². The van der Waals surface area contributed by atoms with Gasteiger partial charge in [-0.25, -0.2) is 0 Å². The number of nitrogens with zero attached hydrogens (tertiary/aromatic N) is 1. The van der Waals surface area contributed by atoms with Crippen molar-refractivity contribution in [3.63, 3.8) is 0 Å². The van der Waals surface area contributed by atoms with Gasteiger partial charge in [-0.3, -0.25) is 9.69 Å². The molecule has 0 radical (unpaired) electrons. The summed E-state index contributed by atoms with van der Waals surface area (Å²) in [7, 11) is 0. The van der Waals surface area contributed by atoms with Gasteiger partial charge in [0.1, 0.15) is 0 Å². The van der Waals surface area contributed by atoms with Crippen LogP contribution in [0, 0.1) is 0 Å². The summed E-state index contributed by atoms with van der Waals surface area (Å²) in [5.74, 6) is -0.693. The fourth-order valence-corrected chi connectivity index (χ4v) is 1.98. The fourth-order valence-electron chi connectivity index (χ4n) is 1.98.